The maximum Gasteiger partial charge on any atom is 0.244 e. The van der Waals surface area contributed by atoms with Gasteiger partial charge in [0.2, 0.25) is 6.33 Å². The Hall–Kier alpha value is -2.61. The van der Waals surface area contributed by atoms with Gasteiger partial charge in [-0.05, 0) is 42.7 Å². The van der Waals surface area contributed by atoms with Crippen molar-refractivity contribution < 1.29 is 4.57 Å². The number of benzene rings is 3. The molecule has 1 aromatic heterocycles. The average molecular weight is 340 g/mol. The lowest BCUT2D eigenvalue weighted by Crippen LogP contribution is -2.41. The molecular formula is C24H24N2. The molecule has 0 radical (unpaired) electrons. The number of hydrogen-bond donors (Lipinski definition) is 0. The standard InChI is InChI=1S/C24H24N2/c1-23(2,3)26-15-25-19-14-13-16-9-6-7-10-17(16)21(19)24(4,5)18-11-8-12-20(26)22(18)25/h6-14H,1-5H3. The predicted molar refractivity (Wildman–Crippen MR) is 107 cm³/mol. The van der Waals surface area contributed by atoms with Crippen LogP contribution in [0.5, 0.6) is 0 Å². The monoisotopic (exact) mass is 340 g/mol. The van der Waals surface area contributed by atoms with E-state index in [1.54, 1.807) is 0 Å². The number of nitrogens with zero attached hydrogens (tertiary/aromatic N) is 2. The highest BCUT2D eigenvalue weighted by Gasteiger charge is 2.35. The van der Waals surface area contributed by atoms with E-state index in [4.69, 9.17) is 0 Å². The Labute approximate surface area is 154 Å². The Balaban J connectivity index is 2.01. The SMILES string of the molecule is CC1(C)c2c(ccc3ccccc23)-[n+]2[c-]n(C(C)(C)C)c3cccc1c32. The zero-order valence-corrected chi connectivity index (χ0v) is 16.1. The van der Waals surface area contributed by atoms with E-state index in [9.17, 15) is 0 Å². The summed E-state index contributed by atoms with van der Waals surface area (Å²) in [4.78, 5) is 0. The van der Waals surface area contributed by atoms with E-state index in [-0.39, 0.29) is 11.0 Å². The van der Waals surface area contributed by atoms with E-state index in [1.165, 1.54) is 38.6 Å². The zero-order chi connectivity index (χ0) is 18.3. The maximum atomic E-state index is 3.66. The minimum atomic E-state index is -0.0619. The topological polar surface area (TPSA) is 8.81 Å². The van der Waals surface area contributed by atoms with Crippen LogP contribution in [-0.4, -0.2) is 4.57 Å². The molecule has 0 unspecified atom stereocenters. The maximum absolute atomic E-state index is 3.66. The minimum absolute atomic E-state index is 0.0202. The minimum Gasteiger partial charge on any atom is -0.319 e. The second kappa shape index (κ2) is 4.76. The summed E-state index contributed by atoms with van der Waals surface area (Å²) < 4.78 is 4.56. The molecule has 1 aliphatic heterocycles. The van der Waals surface area contributed by atoms with E-state index < -0.39 is 0 Å². The van der Waals surface area contributed by atoms with Gasteiger partial charge in [-0.2, -0.15) is 0 Å². The fraction of sp³-hybridized carbons (Fsp3) is 0.292. The van der Waals surface area contributed by atoms with E-state index in [0.29, 0.717) is 0 Å². The van der Waals surface area contributed by atoms with Crippen molar-refractivity contribution in [1.29, 1.82) is 0 Å². The Morgan fingerprint density at radius 2 is 1.69 bits per heavy atom. The molecule has 0 aliphatic carbocycles. The van der Waals surface area contributed by atoms with Crippen LogP contribution >= 0.6 is 0 Å². The first-order chi connectivity index (χ1) is 12.3. The highest BCUT2D eigenvalue weighted by atomic mass is 15.2. The van der Waals surface area contributed by atoms with Crippen LogP contribution in [-0.2, 0) is 11.0 Å². The van der Waals surface area contributed by atoms with E-state index >= 15 is 0 Å². The Morgan fingerprint density at radius 3 is 2.46 bits per heavy atom. The molecule has 0 saturated carbocycles. The summed E-state index contributed by atoms with van der Waals surface area (Å²) in [6.45, 7) is 11.4. The lowest BCUT2D eigenvalue weighted by atomic mass is 9.73. The number of rotatable bonds is 0. The third-order valence-electron chi connectivity index (χ3n) is 5.80. The smallest absolute Gasteiger partial charge is 0.244 e. The Kier molecular flexibility index (Phi) is 2.86. The first kappa shape index (κ1) is 15.6. The lowest BCUT2D eigenvalue weighted by molar-refractivity contribution is -0.576. The average Bonchev–Trinajstić information content (AvgIpc) is 3.00. The molecule has 2 nitrogen and oxygen atoms in total. The molecule has 2 heterocycles. The summed E-state index contributed by atoms with van der Waals surface area (Å²) in [7, 11) is 0. The summed E-state index contributed by atoms with van der Waals surface area (Å²) in [6, 6.07) is 19.9. The normalized spacial score (nSPS) is 15.4. The van der Waals surface area contributed by atoms with E-state index in [2.05, 4.69) is 105 Å². The van der Waals surface area contributed by atoms with Gasteiger partial charge in [-0.15, -0.1) is 0 Å². The van der Waals surface area contributed by atoms with Crippen molar-refractivity contribution in [2.45, 2.75) is 45.6 Å². The van der Waals surface area contributed by atoms with Gasteiger partial charge in [-0.3, -0.25) is 0 Å². The van der Waals surface area contributed by atoms with Crippen molar-refractivity contribution in [3.63, 3.8) is 0 Å². The van der Waals surface area contributed by atoms with Crippen LogP contribution in [0, 0.1) is 6.33 Å². The van der Waals surface area contributed by atoms with Crippen LogP contribution < -0.4 is 4.57 Å². The zero-order valence-electron chi connectivity index (χ0n) is 16.1. The van der Waals surface area contributed by atoms with Crippen molar-refractivity contribution in [3.8, 4) is 5.69 Å². The molecule has 26 heavy (non-hydrogen) atoms. The van der Waals surface area contributed by atoms with E-state index in [1.807, 2.05) is 0 Å². The van der Waals surface area contributed by atoms with Gasteiger partial charge in [-0.1, -0.05) is 68.4 Å². The van der Waals surface area contributed by atoms with Crippen molar-refractivity contribution in [2.24, 2.45) is 0 Å². The van der Waals surface area contributed by atoms with Gasteiger partial charge >= 0.3 is 0 Å². The number of aromatic nitrogens is 2. The third-order valence-corrected chi connectivity index (χ3v) is 5.80. The molecule has 5 rings (SSSR count). The van der Waals surface area contributed by atoms with Gasteiger partial charge in [0.15, 0.2) is 0 Å². The highest BCUT2D eigenvalue weighted by molar-refractivity contribution is 5.92. The van der Waals surface area contributed by atoms with Gasteiger partial charge in [-0.25, -0.2) is 0 Å². The van der Waals surface area contributed by atoms with Crippen molar-refractivity contribution in [1.82, 2.24) is 4.57 Å². The van der Waals surface area contributed by atoms with Crippen LogP contribution in [0.25, 0.3) is 27.5 Å². The number of para-hydroxylation sites is 1. The highest BCUT2D eigenvalue weighted by Crippen LogP contribution is 2.44. The molecule has 1 aliphatic rings. The molecule has 2 heteroatoms. The number of fused-ring (bicyclic) bond motifs is 4. The van der Waals surface area contributed by atoms with Gasteiger partial charge in [0.1, 0.15) is 0 Å². The van der Waals surface area contributed by atoms with Crippen molar-refractivity contribution in [2.75, 3.05) is 0 Å². The van der Waals surface area contributed by atoms with Crippen LogP contribution in [0.3, 0.4) is 0 Å². The molecule has 130 valence electrons. The fourth-order valence-electron chi connectivity index (χ4n) is 4.58. The molecule has 0 fully saturated rings. The fourth-order valence-corrected chi connectivity index (χ4v) is 4.58. The summed E-state index contributed by atoms with van der Waals surface area (Å²) in [5, 5.41) is 2.63. The molecule has 0 saturated heterocycles. The summed E-state index contributed by atoms with van der Waals surface area (Å²) >= 11 is 0. The molecule has 0 spiro atoms. The lowest BCUT2D eigenvalue weighted by Gasteiger charge is -2.36. The molecule has 0 atom stereocenters. The van der Waals surface area contributed by atoms with Crippen LogP contribution in [0.2, 0.25) is 0 Å². The summed E-state index contributed by atoms with van der Waals surface area (Å²) in [5.74, 6) is 0. The first-order valence-electron chi connectivity index (χ1n) is 9.32. The number of imidazole rings is 1. The third kappa shape index (κ3) is 1.85. The second-order valence-electron chi connectivity index (χ2n) is 8.92. The van der Waals surface area contributed by atoms with Crippen molar-refractivity contribution in [3.05, 3.63) is 72.1 Å². The van der Waals surface area contributed by atoms with Crippen LogP contribution in [0.1, 0.15) is 45.7 Å². The van der Waals surface area contributed by atoms with Crippen LogP contribution in [0.15, 0.2) is 54.6 Å². The molecule has 0 amide bonds. The molecular weight excluding hydrogens is 316 g/mol. The molecule has 4 aromatic rings. The Bertz CT molecular complexity index is 1190. The number of hydrogen-bond acceptors (Lipinski definition) is 0. The molecule has 3 aromatic carbocycles. The van der Waals surface area contributed by atoms with Gasteiger partial charge in [0.05, 0.1) is 22.3 Å². The Morgan fingerprint density at radius 1 is 0.923 bits per heavy atom. The molecule has 0 N–H and O–H groups in total. The van der Waals surface area contributed by atoms with Gasteiger partial charge in [0, 0.05) is 5.41 Å². The van der Waals surface area contributed by atoms with Gasteiger partial charge in [0.25, 0.3) is 0 Å². The van der Waals surface area contributed by atoms with Gasteiger partial charge < -0.3 is 9.13 Å². The van der Waals surface area contributed by atoms with Crippen molar-refractivity contribution >= 4 is 21.8 Å². The molecule has 0 bridgehead atoms. The summed E-state index contributed by atoms with van der Waals surface area (Å²) in [5.41, 5.74) is 6.47. The van der Waals surface area contributed by atoms with E-state index in [0.717, 1.165) is 0 Å². The predicted octanol–water partition coefficient (Wildman–Crippen LogP) is 5.27. The largest absolute Gasteiger partial charge is 0.319 e. The first-order valence-corrected chi connectivity index (χ1v) is 9.32. The second-order valence-corrected chi connectivity index (χ2v) is 8.92. The summed E-state index contributed by atoms with van der Waals surface area (Å²) in [6.07, 6.45) is 3.66. The van der Waals surface area contributed by atoms with Crippen LogP contribution in [0.4, 0.5) is 0 Å². The quantitative estimate of drug-likeness (QED) is 0.305.